The predicted molar refractivity (Wildman–Crippen MR) is 112 cm³/mol. The van der Waals surface area contributed by atoms with E-state index in [1.165, 1.54) is 51.6 Å². The molecule has 29 heavy (non-hydrogen) atoms. The molecule has 3 fully saturated rings. The molecule has 6 heteroatoms. The van der Waals surface area contributed by atoms with Crippen molar-refractivity contribution in [3.05, 3.63) is 24.0 Å². The molecule has 0 radical (unpaired) electrons. The number of hydrogen-bond acceptors (Lipinski definition) is 5. The SMILES string of the molecule is COc1ccnc(C(=O)N(CC2CCN(C3CCCC3)CC2)C[C@H]2CCCO2)c1. The Balaban J connectivity index is 1.39. The lowest BCUT2D eigenvalue weighted by Gasteiger charge is -2.38. The van der Waals surface area contributed by atoms with Crippen LogP contribution in [0.3, 0.4) is 0 Å². The van der Waals surface area contributed by atoms with Gasteiger partial charge in [-0.25, -0.2) is 0 Å². The molecule has 2 saturated heterocycles. The highest BCUT2D eigenvalue weighted by Crippen LogP contribution is 2.28. The number of pyridine rings is 1. The van der Waals surface area contributed by atoms with Crippen molar-refractivity contribution in [1.29, 1.82) is 0 Å². The standard InChI is InChI=1S/C23H35N3O3/c1-28-20-8-11-24-22(15-20)23(27)26(17-21-7-4-14-29-21)16-18-9-12-25(13-10-18)19-5-2-3-6-19/h8,11,15,18-19,21H,2-7,9-10,12-14,16-17H2,1H3/t21-/m1/s1. The smallest absolute Gasteiger partial charge is 0.272 e. The van der Waals surface area contributed by atoms with E-state index in [1.807, 2.05) is 4.90 Å². The zero-order valence-corrected chi connectivity index (χ0v) is 17.7. The van der Waals surface area contributed by atoms with E-state index in [0.717, 1.165) is 32.0 Å². The minimum atomic E-state index is -0.00220. The first-order valence-electron chi connectivity index (χ1n) is 11.4. The van der Waals surface area contributed by atoms with Crippen molar-refractivity contribution in [2.24, 2.45) is 5.92 Å². The van der Waals surface area contributed by atoms with Gasteiger partial charge < -0.3 is 19.3 Å². The number of likely N-dealkylation sites (tertiary alicyclic amines) is 1. The molecule has 0 spiro atoms. The summed E-state index contributed by atoms with van der Waals surface area (Å²) in [4.78, 5) is 22.3. The number of rotatable bonds is 7. The average Bonchev–Trinajstić information content (AvgIpc) is 3.48. The number of carbonyl (C=O) groups excluding carboxylic acids is 1. The lowest BCUT2D eigenvalue weighted by Crippen LogP contribution is -2.45. The van der Waals surface area contributed by atoms with Crippen molar-refractivity contribution < 1.29 is 14.3 Å². The minimum absolute atomic E-state index is 0.00220. The molecule has 1 aromatic heterocycles. The third kappa shape index (κ3) is 5.28. The van der Waals surface area contributed by atoms with Crippen molar-refractivity contribution in [1.82, 2.24) is 14.8 Å². The van der Waals surface area contributed by atoms with Gasteiger partial charge in [-0.05, 0) is 63.6 Å². The molecule has 3 heterocycles. The highest BCUT2D eigenvalue weighted by atomic mass is 16.5. The first-order valence-corrected chi connectivity index (χ1v) is 11.4. The molecule has 1 saturated carbocycles. The van der Waals surface area contributed by atoms with Crippen molar-refractivity contribution >= 4 is 5.91 Å². The van der Waals surface area contributed by atoms with Gasteiger partial charge >= 0.3 is 0 Å². The number of ether oxygens (including phenoxy) is 2. The number of hydrogen-bond donors (Lipinski definition) is 0. The van der Waals surface area contributed by atoms with Crippen LogP contribution in [0.5, 0.6) is 5.75 Å². The van der Waals surface area contributed by atoms with Crippen molar-refractivity contribution in [2.45, 2.75) is 63.5 Å². The van der Waals surface area contributed by atoms with E-state index in [2.05, 4.69) is 9.88 Å². The number of carbonyl (C=O) groups is 1. The van der Waals surface area contributed by atoms with Crippen LogP contribution in [0.15, 0.2) is 18.3 Å². The van der Waals surface area contributed by atoms with Crippen LogP contribution in [-0.2, 0) is 4.74 Å². The third-order valence-corrected chi connectivity index (χ3v) is 6.89. The summed E-state index contributed by atoms with van der Waals surface area (Å²) in [5, 5.41) is 0. The maximum Gasteiger partial charge on any atom is 0.272 e. The Bertz CT molecular complexity index is 663. The van der Waals surface area contributed by atoms with Gasteiger partial charge in [-0.15, -0.1) is 0 Å². The summed E-state index contributed by atoms with van der Waals surface area (Å²) in [5.74, 6) is 1.23. The Labute approximate surface area is 174 Å². The largest absolute Gasteiger partial charge is 0.497 e. The van der Waals surface area contributed by atoms with E-state index in [-0.39, 0.29) is 12.0 Å². The van der Waals surface area contributed by atoms with E-state index in [0.29, 0.717) is 23.9 Å². The fourth-order valence-corrected chi connectivity index (χ4v) is 5.17. The van der Waals surface area contributed by atoms with Gasteiger partial charge in [-0.3, -0.25) is 9.78 Å². The van der Waals surface area contributed by atoms with E-state index in [1.54, 1.807) is 25.4 Å². The maximum atomic E-state index is 13.3. The van der Waals surface area contributed by atoms with Gasteiger partial charge in [0.1, 0.15) is 11.4 Å². The number of amides is 1. The zero-order valence-electron chi connectivity index (χ0n) is 17.7. The van der Waals surface area contributed by atoms with Crippen LogP contribution in [0.1, 0.15) is 61.9 Å². The van der Waals surface area contributed by atoms with E-state index < -0.39 is 0 Å². The van der Waals surface area contributed by atoms with Gasteiger partial charge in [0.25, 0.3) is 5.91 Å². The zero-order chi connectivity index (χ0) is 20.1. The van der Waals surface area contributed by atoms with Gasteiger partial charge in [0.05, 0.1) is 13.2 Å². The van der Waals surface area contributed by atoms with E-state index in [9.17, 15) is 4.79 Å². The van der Waals surface area contributed by atoms with Crippen LogP contribution < -0.4 is 4.74 Å². The van der Waals surface area contributed by atoms with E-state index in [4.69, 9.17) is 9.47 Å². The minimum Gasteiger partial charge on any atom is -0.497 e. The van der Waals surface area contributed by atoms with Crippen LogP contribution >= 0.6 is 0 Å². The second-order valence-electron chi connectivity index (χ2n) is 8.84. The highest BCUT2D eigenvalue weighted by Gasteiger charge is 2.31. The van der Waals surface area contributed by atoms with Crippen LogP contribution in [0.25, 0.3) is 0 Å². The summed E-state index contributed by atoms with van der Waals surface area (Å²) in [6.45, 7) is 4.63. The molecule has 1 aromatic rings. The highest BCUT2D eigenvalue weighted by molar-refractivity contribution is 5.92. The third-order valence-electron chi connectivity index (χ3n) is 6.89. The van der Waals surface area contributed by atoms with Crippen molar-refractivity contribution in [3.63, 3.8) is 0 Å². The molecular weight excluding hydrogens is 366 g/mol. The second-order valence-corrected chi connectivity index (χ2v) is 8.84. The van der Waals surface area contributed by atoms with Crippen LogP contribution in [-0.4, -0.2) is 72.7 Å². The van der Waals surface area contributed by atoms with Gasteiger partial charge in [0.15, 0.2) is 0 Å². The molecule has 1 atom stereocenters. The lowest BCUT2D eigenvalue weighted by molar-refractivity contribution is 0.0425. The van der Waals surface area contributed by atoms with Gasteiger partial charge in [0.2, 0.25) is 0 Å². The monoisotopic (exact) mass is 401 g/mol. The molecule has 0 bridgehead atoms. The maximum absolute atomic E-state index is 13.3. The quantitative estimate of drug-likeness (QED) is 0.701. The Morgan fingerprint density at radius 3 is 2.66 bits per heavy atom. The number of piperidine rings is 1. The number of methoxy groups -OCH3 is 1. The predicted octanol–water partition coefficient (Wildman–Crippen LogP) is 3.37. The number of aromatic nitrogens is 1. The summed E-state index contributed by atoms with van der Waals surface area (Å²) in [5.41, 5.74) is 0.464. The van der Waals surface area contributed by atoms with Gasteiger partial charge in [0, 0.05) is 38.0 Å². The molecule has 3 aliphatic rings. The first kappa shape index (κ1) is 20.6. The molecule has 0 unspecified atom stereocenters. The second kappa shape index (κ2) is 9.90. The molecule has 1 aliphatic carbocycles. The summed E-state index contributed by atoms with van der Waals surface area (Å²) in [6, 6.07) is 4.33. The summed E-state index contributed by atoms with van der Waals surface area (Å²) in [6.07, 6.45) is 11.8. The van der Waals surface area contributed by atoms with Gasteiger partial charge in [-0.1, -0.05) is 12.8 Å². The number of nitrogens with zero attached hydrogens (tertiary/aromatic N) is 3. The summed E-state index contributed by atoms with van der Waals surface area (Å²) < 4.78 is 11.1. The molecule has 0 N–H and O–H groups in total. The van der Waals surface area contributed by atoms with Gasteiger partial charge in [-0.2, -0.15) is 0 Å². The fraction of sp³-hybridized carbons (Fsp3) is 0.739. The molecule has 160 valence electrons. The van der Waals surface area contributed by atoms with Crippen LogP contribution in [0.4, 0.5) is 0 Å². The van der Waals surface area contributed by atoms with Crippen molar-refractivity contribution in [2.75, 3.05) is 39.9 Å². The van der Waals surface area contributed by atoms with E-state index >= 15 is 0 Å². The molecule has 2 aliphatic heterocycles. The molecule has 6 nitrogen and oxygen atoms in total. The Kier molecular flexibility index (Phi) is 7.03. The normalized spacial score (nSPS) is 24.1. The lowest BCUT2D eigenvalue weighted by atomic mass is 9.94. The topological polar surface area (TPSA) is 54.9 Å². The molecule has 1 amide bonds. The Hall–Kier alpha value is -1.66. The Morgan fingerprint density at radius 1 is 1.17 bits per heavy atom. The van der Waals surface area contributed by atoms with Crippen molar-refractivity contribution in [3.8, 4) is 5.75 Å². The Morgan fingerprint density at radius 2 is 1.97 bits per heavy atom. The summed E-state index contributed by atoms with van der Waals surface area (Å²) in [7, 11) is 1.62. The fourth-order valence-electron chi connectivity index (χ4n) is 5.17. The van der Waals surface area contributed by atoms with Crippen LogP contribution in [0, 0.1) is 5.92 Å². The first-order chi connectivity index (χ1) is 14.2. The molecule has 4 rings (SSSR count). The molecule has 0 aromatic carbocycles. The average molecular weight is 402 g/mol. The summed E-state index contributed by atoms with van der Waals surface area (Å²) >= 11 is 0. The molecular formula is C23H35N3O3. The van der Waals surface area contributed by atoms with Crippen LogP contribution in [0.2, 0.25) is 0 Å².